The average molecular weight is 273 g/mol. The minimum absolute atomic E-state index is 0.00661. The fourth-order valence-corrected chi connectivity index (χ4v) is 2.47. The van der Waals surface area contributed by atoms with E-state index in [2.05, 4.69) is 26.5 Å². The summed E-state index contributed by atoms with van der Waals surface area (Å²) in [5, 5.41) is 20.6. The van der Waals surface area contributed by atoms with Gasteiger partial charge in [-0.2, -0.15) is 10.4 Å². The molecule has 1 aliphatic heterocycles. The number of aryl methyl sites for hydroxylation is 1. The Labute approximate surface area is 118 Å². The lowest BCUT2D eigenvalue weighted by Crippen LogP contribution is -2.44. The van der Waals surface area contributed by atoms with Crippen molar-refractivity contribution in [2.45, 2.75) is 39.7 Å². The topological polar surface area (TPSA) is 81.9 Å². The molecule has 0 atom stereocenters. The molecule has 0 radical (unpaired) electrons. The molecule has 0 aliphatic carbocycles. The Balaban J connectivity index is 2.13. The fraction of sp³-hybridized carbons (Fsp3) is 0.571. The lowest BCUT2D eigenvalue weighted by Gasteiger charge is -2.33. The van der Waals surface area contributed by atoms with Crippen LogP contribution in [0.1, 0.15) is 36.6 Å². The molecule has 2 heterocycles. The first-order valence-electron chi connectivity index (χ1n) is 6.79. The normalized spacial score (nSPS) is 15.8. The second kappa shape index (κ2) is 5.87. The third-order valence-electron chi connectivity index (χ3n) is 3.75. The molecular weight excluding hydrogens is 254 g/mol. The van der Waals surface area contributed by atoms with E-state index >= 15 is 0 Å². The summed E-state index contributed by atoms with van der Waals surface area (Å²) in [6, 6.07) is 2.45. The summed E-state index contributed by atoms with van der Waals surface area (Å²) >= 11 is 0. The molecule has 1 saturated heterocycles. The summed E-state index contributed by atoms with van der Waals surface area (Å²) in [4.78, 5) is 13.1. The van der Waals surface area contributed by atoms with E-state index in [-0.39, 0.29) is 11.9 Å². The van der Waals surface area contributed by atoms with Gasteiger partial charge >= 0.3 is 0 Å². The summed E-state index contributed by atoms with van der Waals surface area (Å²) < 4.78 is 0. The van der Waals surface area contributed by atoms with Crippen LogP contribution in [-0.4, -0.2) is 35.2 Å². The number of hydrogen-bond donors (Lipinski definition) is 1. The summed E-state index contributed by atoms with van der Waals surface area (Å²) in [7, 11) is 0. The molecule has 0 saturated carbocycles. The number of nitrogens with zero attached hydrogens (tertiary/aromatic N) is 4. The smallest absolute Gasteiger partial charge is 0.217 e. The van der Waals surface area contributed by atoms with Crippen LogP contribution in [0.15, 0.2) is 0 Å². The van der Waals surface area contributed by atoms with E-state index in [1.54, 1.807) is 0 Å². The molecule has 1 N–H and O–H groups in total. The Hall–Kier alpha value is -2.16. The summed E-state index contributed by atoms with van der Waals surface area (Å²) in [6.45, 7) is 6.84. The summed E-state index contributed by atoms with van der Waals surface area (Å²) in [5.41, 5.74) is 2.29. The van der Waals surface area contributed by atoms with E-state index in [1.807, 2.05) is 13.8 Å². The van der Waals surface area contributed by atoms with Crippen LogP contribution >= 0.6 is 0 Å². The molecule has 6 heteroatoms. The van der Waals surface area contributed by atoms with Gasteiger partial charge in [-0.1, -0.05) is 0 Å². The molecule has 1 aromatic heterocycles. The Morgan fingerprint density at radius 2 is 2.00 bits per heavy atom. The van der Waals surface area contributed by atoms with Gasteiger partial charge in [0.05, 0.1) is 5.69 Å². The van der Waals surface area contributed by atoms with Crippen LogP contribution in [0.4, 0.5) is 5.82 Å². The average Bonchev–Trinajstić information content (AvgIpc) is 2.42. The maximum absolute atomic E-state index is 11.1. The van der Waals surface area contributed by atoms with E-state index in [0.29, 0.717) is 11.4 Å². The number of anilines is 1. The van der Waals surface area contributed by atoms with E-state index in [1.165, 1.54) is 6.92 Å². The van der Waals surface area contributed by atoms with E-state index in [0.717, 1.165) is 37.2 Å². The van der Waals surface area contributed by atoms with Gasteiger partial charge in [-0.05, 0) is 32.3 Å². The quantitative estimate of drug-likeness (QED) is 0.871. The Kier molecular flexibility index (Phi) is 4.18. The van der Waals surface area contributed by atoms with Gasteiger partial charge in [-0.25, -0.2) is 0 Å². The minimum Gasteiger partial charge on any atom is -0.354 e. The zero-order chi connectivity index (χ0) is 14.7. The largest absolute Gasteiger partial charge is 0.354 e. The van der Waals surface area contributed by atoms with Gasteiger partial charge in [0.2, 0.25) is 5.91 Å². The van der Waals surface area contributed by atoms with Crippen LogP contribution in [0.3, 0.4) is 0 Å². The number of piperidine rings is 1. The van der Waals surface area contributed by atoms with Gasteiger partial charge in [-0.3, -0.25) is 4.79 Å². The van der Waals surface area contributed by atoms with E-state index < -0.39 is 0 Å². The van der Waals surface area contributed by atoms with Crippen LogP contribution in [0.2, 0.25) is 0 Å². The SMILES string of the molecule is CC(=O)NC1CCN(c2nnc(C)c(C)c2C#N)CC1. The predicted molar refractivity (Wildman–Crippen MR) is 75.3 cm³/mol. The third-order valence-corrected chi connectivity index (χ3v) is 3.75. The number of nitriles is 1. The first-order chi connectivity index (χ1) is 9.52. The van der Waals surface area contributed by atoms with Crippen molar-refractivity contribution >= 4 is 11.7 Å². The van der Waals surface area contributed by atoms with Gasteiger partial charge in [0, 0.05) is 26.1 Å². The van der Waals surface area contributed by atoms with E-state index in [9.17, 15) is 10.1 Å². The van der Waals surface area contributed by atoms with Crippen molar-refractivity contribution in [2.24, 2.45) is 0 Å². The molecule has 2 rings (SSSR count). The number of rotatable bonds is 2. The van der Waals surface area contributed by atoms with Crippen LogP contribution in [0.5, 0.6) is 0 Å². The number of aromatic nitrogens is 2. The van der Waals surface area contributed by atoms with Crippen LogP contribution < -0.4 is 10.2 Å². The van der Waals surface area contributed by atoms with Crippen molar-refractivity contribution in [3.63, 3.8) is 0 Å². The van der Waals surface area contributed by atoms with Crippen LogP contribution in [-0.2, 0) is 4.79 Å². The molecule has 1 fully saturated rings. The van der Waals surface area contributed by atoms with Crippen LogP contribution in [0.25, 0.3) is 0 Å². The second-order valence-electron chi connectivity index (χ2n) is 5.18. The number of carbonyl (C=O) groups is 1. The van der Waals surface area contributed by atoms with Crippen molar-refractivity contribution in [3.8, 4) is 6.07 Å². The monoisotopic (exact) mass is 273 g/mol. The first-order valence-corrected chi connectivity index (χ1v) is 6.79. The molecule has 0 spiro atoms. The van der Waals surface area contributed by atoms with Crippen molar-refractivity contribution in [2.75, 3.05) is 18.0 Å². The molecular formula is C14H19N5O. The maximum atomic E-state index is 11.1. The van der Waals surface area contributed by atoms with Crippen molar-refractivity contribution in [1.29, 1.82) is 5.26 Å². The van der Waals surface area contributed by atoms with Crippen molar-refractivity contribution < 1.29 is 4.79 Å². The summed E-state index contributed by atoms with van der Waals surface area (Å²) in [6.07, 6.45) is 1.72. The minimum atomic E-state index is 0.00661. The zero-order valence-electron chi connectivity index (χ0n) is 12.1. The number of amides is 1. The Morgan fingerprint density at radius 3 is 2.55 bits per heavy atom. The van der Waals surface area contributed by atoms with Crippen molar-refractivity contribution in [1.82, 2.24) is 15.5 Å². The van der Waals surface area contributed by atoms with Gasteiger partial charge in [-0.15, -0.1) is 5.10 Å². The Bertz CT molecular complexity index is 555. The van der Waals surface area contributed by atoms with Gasteiger partial charge in [0.15, 0.2) is 5.82 Å². The molecule has 106 valence electrons. The summed E-state index contributed by atoms with van der Waals surface area (Å²) in [5.74, 6) is 0.670. The lowest BCUT2D eigenvalue weighted by atomic mass is 10.0. The lowest BCUT2D eigenvalue weighted by molar-refractivity contribution is -0.119. The second-order valence-corrected chi connectivity index (χ2v) is 5.18. The first kappa shape index (κ1) is 14.3. The highest BCUT2D eigenvalue weighted by Crippen LogP contribution is 2.24. The zero-order valence-corrected chi connectivity index (χ0v) is 12.1. The fourth-order valence-electron chi connectivity index (χ4n) is 2.47. The molecule has 6 nitrogen and oxygen atoms in total. The molecule has 0 bridgehead atoms. The Morgan fingerprint density at radius 1 is 1.35 bits per heavy atom. The molecule has 0 aromatic carbocycles. The van der Waals surface area contributed by atoms with Gasteiger partial charge in [0.1, 0.15) is 11.6 Å². The highest BCUT2D eigenvalue weighted by Gasteiger charge is 2.24. The maximum Gasteiger partial charge on any atom is 0.217 e. The van der Waals surface area contributed by atoms with Crippen LogP contribution in [0, 0.1) is 25.2 Å². The number of hydrogen-bond acceptors (Lipinski definition) is 5. The highest BCUT2D eigenvalue weighted by molar-refractivity contribution is 5.73. The molecule has 0 unspecified atom stereocenters. The molecule has 1 aliphatic rings. The number of nitrogens with one attached hydrogen (secondary N) is 1. The highest BCUT2D eigenvalue weighted by atomic mass is 16.1. The third kappa shape index (κ3) is 2.87. The molecule has 1 aromatic rings. The van der Waals surface area contributed by atoms with Gasteiger partial charge < -0.3 is 10.2 Å². The molecule has 1 amide bonds. The van der Waals surface area contributed by atoms with E-state index in [4.69, 9.17) is 0 Å². The van der Waals surface area contributed by atoms with Crippen molar-refractivity contribution in [3.05, 3.63) is 16.8 Å². The predicted octanol–water partition coefficient (Wildman–Crippen LogP) is 1.07. The standard InChI is InChI=1S/C14H19N5O/c1-9-10(2)17-18-14(13(9)8-15)19-6-4-12(5-7-19)16-11(3)20/h12H,4-7H2,1-3H3,(H,16,20). The molecule has 20 heavy (non-hydrogen) atoms. The number of carbonyl (C=O) groups excluding carboxylic acids is 1. The van der Waals surface area contributed by atoms with Gasteiger partial charge in [0.25, 0.3) is 0 Å².